The van der Waals surface area contributed by atoms with E-state index in [2.05, 4.69) is 4.72 Å². The molecule has 1 saturated heterocycles. The van der Waals surface area contributed by atoms with Crippen LogP contribution in [-0.2, 0) is 16.6 Å². The van der Waals surface area contributed by atoms with Crippen LogP contribution in [0.15, 0.2) is 23.1 Å². The molecule has 1 fully saturated rings. The average molecular weight is 300 g/mol. The van der Waals surface area contributed by atoms with E-state index in [0.29, 0.717) is 11.4 Å². The predicted octanol–water partition coefficient (Wildman–Crippen LogP) is 1.63. The summed E-state index contributed by atoms with van der Waals surface area (Å²) in [5.74, 6) is 1.98. The normalized spacial score (nSPS) is 20.4. The van der Waals surface area contributed by atoms with Crippen LogP contribution in [0.3, 0.4) is 0 Å². The smallest absolute Gasteiger partial charge is 0.241 e. The Morgan fingerprint density at radius 1 is 1.47 bits per heavy atom. The Balaban J connectivity index is 2.23. The Bertz CT molecular complexity index is 538. The Kier molecular flexibility index (Phi) is 4.89. The third-order valence-corrected chi connectivity index (χ3v) is 6.14. The number of hydrogen-bond donors (Lipinski definition) is 2. The van der Waals surface area contributed by atoms with Gasteiger partial charge < -0.3 is 5.73 Å². The second-order valence-electron chi connectivity index (χ2n) is 4.84. The first-order valence-corrected chi connectivity index (χ1v) is 9.06. The predicted molar refractivity (Wildman–Crippen MR) is 79.7 cm³/mol. The molecule has 0 radical (unpaired) electrons. The fourth-order valence-corrected chi connectivity index (χ4v) is 4.92. The van der Waals surface area contributed by atoms with Gasteiger partial charge >= 0.3 is 0 Å². The number of sulfonamides is 1. The first-order valence-electron chi connectivity index (χ1n) is 6.42. The summed E-state index contributed by atoms with van der Waals surface area (Å²) in [5, 5.41) is 0. The van der Waals surface area contributed by atoms with Crippen LogP contribution in [0.5, 0.6) is 0 Å². The van der Waals surface area contributed by atoms with Crippen LogP contribution in [0.1, 0.15) is 24.0 Å². The minimum atomic E-state index is -3.44. The number of aryl methyl sites for hydroxylation is 1. The summed E-state index contributed by atoms with van der Waals surface area (Å²) in [6, 6.07) is 5.40. The van der Waals surface area contributed by atoms with Gasteiger partial charge in [-0.05, 0) is 42.7 Å². The lowest BCUT2D eigenvalue weighted by molar-refractivity contribution is 0.542. The lowest BCUT2D eigenvalue weighted by Crippen LogP contribution is -2.38. The summed E-state index contributed by atoms with van der Waals surface area (Å²) in [6.45, 7) is 2.16. The minimum absolute atomic E-state index is 0.0460. The van der Waals surface area contributed by atoms with Crippen molar-refractivity contribution in [1.29, 1.82) is 0 Å². The van der Waals surface area contributed by atoms with Crippen LogP contribution in [0, 0.1) is 6.92 Å². The van der Waals surface area contributed by atoms with Crippen LogP contribution in [0.2, 0.25) is 0 Å². The van der Waals surface area contributed by atoms with Crippen molar-refractivity contribution in [2.75, 3.05) is 11.5 Å². The highest BCUT2D eigenvalue weighted by molar-refractivity contribution is 7.99. The molecule has 0 spiro atoms. The van der Waals surface area contributed by atoms with Crippen molar-refractivity contribution in [2.24, 2.45) is 5.73 Å². The van der Waals surface area contributed by atoms with Gasteiger partial charge in [0.15, 0.2) is 0 Å². The molecule has 3 N–H and O–H groups in total. The van der Waals surface area contributed by atoms with Gasteiger partial charge in [-0.3, -0.25) is 0 Å². The topological polar surface area (TPSA) is 72.2 Å². The molecule has 1 atom stereocenters. The van der Waals surface area contributed by atoms with E-state index in [1.165, 1.54) is 0 Å². The number of rotatable bonds is 4. The largest absolute Gasteiger partial charge is 0.326 e. The zero-order chi connectivity index (χ0) is 13.9. The molecule has 0 saturated carbocycles. The molecular formula is C13H20N2O2S2. The first-order chi connectivity index (χ1) is 9.03. The standard InChI is InChI=1S/C13H20N2O2S2/c1-10-4-5-11(8-14)7-13(10)19(16,17)15-12-3-2-6-18-9-12/h4-5,7,12,15H,2-3,6,8-9,14H2,1H3. The number of nitrogens with one attached hydrogen (secondary N) is 1. The Hall–Kier alpha value is -0.560. The average Bonchev–Trinajstić information content (AvgIpc) is 2.39. The Labute approximate surface area is 119 Å². The third-order valence-electron chi connectivity index (χ3n) is 3.26. The van der Waals surface area contributed by atoms with Crippen molar-refractivity contribution in [3.63, 3.8) is 0 Å². The summed E-state index contributed by atoms with van der Waals surface area (Å²) < 4.78 is 27.7. The highest BCUT2D eigenvalue weighted by Gasteiger charge is 2.23. The van der Waals surface area contributed by atoms with E-state index in [0.717, 1.165) is 35.5 Å². The lowest BCUT2D eigenvalue weighted by atomic mass is 10.1. The molecular weight excluding hydrogens is 280 g/mol. The monoisotopic (exact) mass is 300 g/mol. The Morgan fingerprint density at radius 2 is 2.26 bits per heavy atom. The summed E-state index contributed by atoms with van der Waals surface area (Å²) in [7, 11) is -3.44. The second-order valence-corrected chi connectivity index (χ2v) is 7.67. The first kappa shape index (κ1) is 14.8. The molecule has 1 aliphatic heterocycles. The van der Waals surface area contributed by atoms with Crippen molar-refractivity contribution in [3.05, 3.63) is 29.3 Å². The van der Waals surface area contributed by atoms with E-state index >= 15 is 0 Å². The Morgan fingerprint density at radius 3 is 2.89 bits per heavy atom. The lowest BCUT2D eigenvalue weighted by Gasteiger charge is -2.23. The SMILES string of the molecule is Cc1ccc(CN)cc1S(=O)(=O)NC1CCCSC1. The van der Waals surface area contributed by atoms with Crippen molar-refractivity contribution in [3.8, 4) is 0 Å². The summed E-state index contributed by atoms with van der Waals surface area (Å²) >= 11 is 1.80. The van der Waals surface area contributed by atoms with E-state index in [1.807, 2.05) is 19.1 Å². The van der Waals surface area contributed by atoms with Gasteiger partial charge in [0.1, 0.15) is 0 Å². The molecule has 1 aromatic rings. The fraction of sp³-hybridized carbons (Fsp3) is 0.538. The van der Waals surface area contributed by atoms with Gasteiger partial charge in [0.2, 0.25) is 10.0 Å². The van der Waals surface area contributed by atoms with Crippen LogP contribution < -0.4 is 10.5 Å². The van der Waals surface area contributed by atoms with Crippen molar-refractivity contribution in [2.45, 2.75) is 37.2 Å². The number of thioether (sulfide) groups is 1. The highest BCUT2D eigenvalue weighted by atomic mass is 32.2. The van der Waals surface area contributed by atoms with Crippen molar-refractivity contribution >= 4 is 21.8 Å². The molecule has 4 nitrogen and oxygen atoms in total. The van der Waals surface area contributed by atoms with E-state index < -0.39 is 10.0 Å². The van der Waals surface area contributed by atoms with Gasteiger partial charge in [-0.2, -0.15) is 11.8 Å². The zero-order valence-corrected chi connectivity index (χ0v) is 12.7. The molecule has 19 heavy (non-hydrogen) atoms. The minimum Gasteiger partial charge on any atom is -0.326 e. The molecule has 2 rings (SSSR count). The van der Waals surface area contributed by atoms with E-state index in [-0.39, 0.29) is 6.04 Å². The quantitative estimate of drug-likeness (QED) is 0.886. The molecule has 0 bridgehead atoms. The number of benzene rings is 1. The number of nitrogens with two attached hydrogens (primary N) is 1. The van der Waals surface area contributed by atoms with Gasteiger partial charge in [0.25, 0.3) is 0 Å². The van der Waals surface area contributed by atoms with Crippen molar-refractivity contribution < 1.29 is 8.42 Å². The van der Waals surface area contributed by atoms with Crippen molar-refractivity contribution in [1.82, 2.24) is 4.72 Å². The molecule has 1 aromatic carbocycles. The fourth-order valence-electron chi connectivity index (χ4n) is 2.18. The van der Waals surface area contributed by atoms with E-state index in [9.17, 15) is 8.42 Å². The van der Waals surface area contributed by atoms with Gasteiger partial charge in [0.05, 0.1) is 4.90 Å². The molecule has 0 amide bonds. The van der Waals surface area contributed by atoms with E-state index in [4.69, 9.17) is 5.73 Å². The van der Waals surface area contributed by atoms with Crippen LogP contribution in [0.4, 0.5) is 0 Å². The highest BCUT2D eigenvalue weighted by Crippen LogP contribution is 2.21. The maximum atomic E-state index is 12.4. The van der Waals surface area contributed by atoms with E-state index in [1.54, 1.807) is 17.8 Å². The molecule has 106 valence electrons. The molecule has 1 aliphatic rings. The molecule has 6 heteroatoms. The maximum Gasteiger partial charge on any atom is 0.241 e. The second kappa shape index (κ2) is 6.26. The van der Waals surface area contributed by atoms with Crippen LogP contribution >= 0.6 is 11.8 Å². The van der Waals surface area contributed by atoms with Crippen LogP contribution in [0.25, 0.3) is 0 Å². The van der Waals surface area contributed by atoms with Gasteiger partial charge in [-0.25, -0.2) is 13.1 Å². The molecule has 1 unspecified atom stereocenters. The van der Waals surface area contributed by atoms with Crippen LogP contribution in [-0.4, -0.2) is 26.0 Å². The summed E-state index contributed by atoms with van der Waals surface area (Å²) in [5.41, 5.74) is 7.17. The molecule has 1 heterocycles. The third kappa shape index (κ3) is 3.72. The number of hydrogen-bond acceptors (Lipinski definition) is 4. The summed E-state index contributed by atoms with van der Waals surface area (Å²) in [4.78, 5) is 0.353. The molecule has 0 aromatic heterocycles. The van der Waals surface area contributed by atoms with Gasteiger partial charge in [-0.1, -0.05) is 12.1 Å². The van der Waals surface area contributed by atoms with Gasteiger partial charge in [0, 0.05) is 18.3 Å². The zero-order valence-electron chi connectivity index (χ0n) is 11.1. The summed E-state index contributed by atoms with van der Waals surface area (Å²) in [6.07, 6.45) is 1.99. The van der Waals surface area contributed by atoms with Gasteiger partial charge in [-0.15, -0.1) is 0 Å². The maximum absolute atomic E-state index is 12.4. The molecule has 0 aliphatic carbocycles.